The van der Waals surface area contributed by atoms with E-state index >= 15 is 0 Å². The first-order valence-electron chi connectivity index (χ1n) is 9.52. The highest BCUT2D eigenvalue weighted by Crippen LogP contribution is 2.32. The molecule has 2 aromatic carbocycles. The number of hydrogen-bond acceptors (Lipinski definition) is 7. The van der Waals surface area contributed by atoms with Crippen LogP contribution in [0.15, 0.2) is 59.5 Å². The Bertz CT molecular complexity index is 1250. The maximum atomic E-state index is 12.7. The molecule has 0 atom stereocenters. The predicted molar refractivity (Wildman–Crippen MR) is 121 cm³/mol. The quantitative estimate of drug-likeness (QED) is 0.516. The highest BCUT2D eigenvalue weighted by atomic mass is 35.5. The molecule has 152 valence electrons. The topological polar surface area (TPSA) is 72.3 Å². The molecule has 1 N–H and O–H groups in total. The second-order valence-electron chi connectivity index (χ2n) is 6.83. The molecule has 4 aromatic rings. The highest BCUT2D eigenvalue weighted by Gasteiger charge is 2.16. The predicted octanol–water partition coefficient (Wildman–Crippen LogP) is 4.08. The Hall–Kier alpha value is -2.94. The van der Waals surface area contributed by atoms with Crippen LogP contribution in [0.1, 0.15) is 0 Å². The molecule has 9 heteroatoms. The van der Waals surface area contributed by atoms with Gasteiger partial charge in [0.2, 0.25) is 0 Å². The monoisotopic (exact) mass is 439 g/mol. The average molecular weight is 440 g/mol. The van der Waals surface area contributed by atoms with Crippen LogP contribution in [0.5, 0.6) is 0 Å². The Kier molecular flexibility index (Phi) is 5.12. The van der Waals surface area contributed by atoms with Crippen LogP contribution >= 0.6 is 22.9 Å². The van der Waals surface area contributed by atoms with E-state index in [0.717, 1.165) is 47.3 Å². The highest BCUT2D eigenvalue weighted by molar-refractivity contribution is 7.22. The van der Waals surface area contributed by atoms with Gasteiger partial charge in [0, 0.05) is 18.8 Å². The maximum absolute atomic E-state index is 12.7. The summed E-state index contributed by atoms with van der Waals surface area (Å²) in [5.74, 6) is 0. The summed E-state index contributed by atoms with van der Waals surface area (Å²) in [7, 11) is 0. The molecule has 0 amide bonds. The summed E-state index contributed by atoms with van der Waals surface area (Å²) in [5, 5.41) is 8.56. The van der Waals surface area contributed by atoms with Crippen LogP contribution in [0.25, 0.3) is 15.9 Å². The molecule has 2 aromatic heterocycles. The van der Waals surface area contributed by atoms with E-state index in [1.165, 1.54) is 4.68 Å². The van der Waals surface area contributed by atoms with Crippen LogP contribution in [0.4, 0.5) is 16.5 Å². The lowest BCUT2D eigenvalue weighted by molar-refractivity contribution is 0.122. The van der Waals surface area contributed by atoms with Crippen LogP contribution in [0.3, 0.4) is 0 Å². The van der Waals surface area contributed by atoms with Crippen molar-refractivity contribution in [3.05, 3.63) is 70.1 Å². The third kappa shape index (κ3) is 3.65. The number of para-hydroxylation sites is 1. The fraction of sp³-hybridized carbons (Fsp3) is 0.190. The molecular weight excluding hydrogens is 422 g/mol. The molecule has 1 aliphatic rings. The molecule has 0 saturated carbocycles. The molecule has 0 aliphatic carbocycles. The Balaban J connectivity index is 1.42. The van der Waals surface area contributed by atoms with E-state index in [9.17, 15) is 4.79 Å². The minimum atomic E-state index is -0.374. The number of aromatic nitrogens is 3. The smallest absolute Gasteiger partial charge is 0.292 e. The van der Waals surface area contributed by atoms with Crippen molar-refractivity contribution in [2.45, 2.75) is 0 Å². The maximum Gasteiger partial charge on any atom is 0.292 e. The van der Waals surface area contributed by atoms with Crippen molar-refractivity contribution in [3.63, 3.8) is 0 Å². The molecule has 0 spiro atoms. The molecule has 1 saturated heterocycles. The molecule has 1 fully saturated rings. The Morgan fingerprint density at radius 3 is 2.70 bits per heavy atom. The summed E-state index contributed by atoms with van der Waals surface area (Å²) < 4.78 is 7.76. The molecule has 7 nitrogen and oxygen atoms in total. The van der Waals surface area contributed by atoms with E-state index in [1.807, 2.05) is 48.5 Å². The number of benzene rings is 2. The van der Waals surface area contributed by atoms with Gasteiger partial charge in [0.1, 0.15) is 5.02 Å². The standard InChI is InChI=1S/C21H18ClN5O2S/c22-19-17(13-23-27(20(19)28)15-4-2-1-3-5-15)24-14-6-7-16-18(12-14)30-21(25-16)26-8-10-29-11-9-26/h1-7,12-13,24H,8-11H2. The van der Waals surface area contributed by atoms with Gasteiger partial charge < -0.3 is 15.0 Å². The Labute approximate surface area is 181 Å². The van der Waals surface area contributed by atoms with Gasteiger partial charge in [-0.15, -0.1) is 0 Å². The van der Waals surface area contributed by atoms with Crippen molar-refractivity contribution < 1.29 is 4.74 Å². The first-order chi connectivity index (χ1) is 14.7. The lowest BCUT2D eigenvalue weighted by Gasteiger charge is -2.25. The van der Waals surface area contributed by atoms with E-state index in [0.29, 0.717) is 11.4 Å². The van der Waals surface area contributed by atoms with Gasteiger partial charge in [0.05, 0.1) is 41.0 Å². The van der Waals surface area contributed by atoms with Gasteiger partial charge in [-0.25, -0.2) is 4.98 Å². The second-order valence-corrected chi connectivity index (χ2v) is 8.22. The van der Waals surface area contributed by atoms with Gasteiger partial charge in [0.25, 0.3) is 5.56 Å². The third-order valence-corrected chi connectivity index (χ3v) is 6.30. The normalized spacial score (nSPS) is 14.2. The largest absolute Gasteiger partial charge is 0.378 e. The third-order valence-electron chi connectivity index (χ3n) is 4.86. The van der Waals surface area contributed by atoms with Crippen molar-refractivity contribution in [3.8, 4) is 5.69 Å². The number of rotatable bonds is 4. The number of nitrogens with one attached hydrogen (secondary N) is 1. The van der Waals surface area contributed by atoms with E-state index in [1.54, 1.807) is 17.5 Å². The fourth-order valence-electron chi connectivity index (χ4n) is 3.31. The number of hydrogen-bond donors (Lipinski definition) is 1. The average Bonchev–Trinajstić information content (AvgIpc) is 3.22. The minimum absolute atomic E-state index is 0.0901. The van der Waals surface area contributed by atoms with Gasteiger partial charge in [-0.1, -0.05) is 41.1 Å². The zero-order chi connectivity index (χ0) is 20.5. The number of anilines is 3. The summed E-state index contributed by atoms with van der Waals surface area (Å²) in [6.45, 7) is 3.15. The molecule has 30 heavy (non-hydrogen) atoms. The Morgan fingerprint density at radius 2 is 1.90 bits per heavy atom. The zero-order valence-corrected chi connectivity index (χ0v) is 17.5. The summed E-state index contributed by atoms with van der Waals surface area (Å²) in [5.41, 5.74) is 2.51. The van der Waals surface area contributed by atoms with Crippen LogP contribution < -0.4 is 15.8 Å². The Morgan fingerprint density at radius 1 is 1.10 bits per heavy atom. The number of halogens is 1. The van der Waals surface area contributed by atoms with E-state index in [4.69, 9.17) is 21.3 Å². The SMILES string of the molecule is O=c1c(Cl)c(Nc2ccc3nc(N4CCOCC4)sc3c2)cnn1-c1ccccc1. The second kappa shape index (κ2) is 8.06. The van der Waals surface area contributed by atoms with Crippen LogP contribution in [0, 0.1) is 0 Å². The summed E-state index contributed by atoms with van der Waals surface area (Å²) in [6, 6.07) is 15.1. The van der Waals surface area contributed by atoms with Gasteiger partial charge >= 0.3 is 0 Å². The summed E-state index contributed by atoms with van der Waals surface area (Å²) >= 11 is 8.00. The number of nitrogens with zero attached hydrogens (tertiary/aromatic N) is 4. The van der Waals surface area contributed by atoms with E-state index < -0.39 is 0 Å². The molecule has 5 rings (SSSR count). The zero-order valence-electron chi connectivity index (χ0n) is 15.9. The van der Waals surface area contributed by atoms with E-state index in [-0.39, 0.29) is 10.6 Å². The number of morpholine rings is 1. The van der Waals surface area contributed by atoms with Crippen molar-refractivity contribution >= 4 is 49.7 Å². The number of fused-ring (bicyclic) bond motifs is 1. The fourth-order valence-corrected chi connectivity index (χ4v) is 4.54. The lowest BCUT2D eigenvalue weighted by Crippen LogP contribution is -2.36. The van der Waals surface area contributed by atoms with Crippen LogP contribution in [-0.2, 0) is 4.74 Å². The van der Waals surface area contributed by atoms with Crippen molar-refractivity contribution in [2.24, 2.45) is 0 Å². The minimum Gasteiger partial charge on any atom is -0.378 e. The van der Waals surface area contributed by atoms with Crippen molar-refractivity contribution in [1.29, 1.82) is 0 Å². The lowest BCUT2D eigenvalue weighted by atomic mass is 10.3. The molecule has 0 bridgehead atoms. The van der Waals surface area contributed by atoms with Gasteiger partial charge in [-0.3, -0.25) is 4.79 Å². The number of ether oxygens (including phenoxy) is 1. The molecule has 0 radical (unpaired) electrons. The van der Waals surface area contributed by atoms with Crippen molar-refractivity contribution in [2.75, 3.05) is 36.5 Å². The molecule has 1 aliphatic heterocycles. The van der Waals surface area contributed by atoms with Crippen LogP contribution in [0.2, 0.25) is 5.02 Å². The summed E-state index contributed by atoms with van der Waals surface area (Å²) in [6.07, 6.45) is 1.56. The molecule has 0 unspecified atom stereocenters. The first kappa shape index (κ1) is 19.0. The van der Waals surface area contributed by atoms with Crippen molar-refractivity contribution in [1.82, 2.24) is 14.8 Å². The van der Waals surface area contributed by atoms with Gasteiger partial charge in [0.15, 0.2) is 5.13 Å². The van der Waals surface area contributed by atoms with Crippen LogP contribution in [-0.4, -0.2) is 41.1 Å². The van der Waals surface area contributed by atoms with Gasteiger partial charge in [-0.05, 0) is 30.3 Å². The number of thiazole rings is 1. The first-order valence-corrected chi connectivity index (χ1v) is 10.7. The summed E-state index contributed by atoms with van der Waals surface area (Å²) in [4.78, 5) is 19.6. The van der Waals surface area contributed by atoms with Gasteiger partial charge in [-0.2, -0.15) is 9.78 Å². The molecule has 3 heterocycles. The molecular formula is C21H18ClN5O2S. The van der Waals surface area contributed by atoms with E-state index in [2.05, 4.69) is 15.3 Å².